The molecule has 26 heavy (non-hydrogen) atoms. The number of phenols is 2. The average molecular weight is 345 g/mol. The van der Waals surface area contributed by atoms with Crippen molar-refractivity contribution in [3.05, 3.63) is 87.7 Å². The molecule has 5 heteroatoms. The van der Waals surface area contributed by atoms with Gasteiger partial charge in [0.05, 0.1) is 11.1 Å². The van der Waals surface area contributed by atoms with E-state index in [4.69, 9.17) is 0 Å². The number of phenolic OH excluding ortho intramolecular Hbond substituents is 2. The number of aryl methyl sites for hydroxylation is 1. The molecule has 1 aliphatic rings. The molecular formula is C21H15NO4. The molecule has 0 bridgehead atoms. The Morgan fingerprint density at radius 2 is 1.65 bits per heavy atom. The number of fused-ring (bicyclic) bond motifs is 2. The number of pyridine rings is 1. The van der Waals surface area contributed by atoms with Crippen molar-refractivity contribution in [3.63, 3.8) is 0 Å². The zero-order valence-corrected chi connectivity index (χ0v) is 14.0. The maximum absolute atomic E-state index is 12.8. The first-order chi connectivity index (χ1) is 12.5. The topological polar surface area (TPSA) is 87.5 Å². The number of aromatic nitrogens is 1. The lowest BCUT2D eigenvalue weighted by Crippen LogP contribution is -2.21. The predicted molar refractivity (Wildman–Crippen MR) is 94.9 cm³/mol. The van der Waals surface area contributed by atoms with Gasteiger partial charge >= 0.3 is 0 Å². The Morgan fingerprint density at radius 1 is 0.885 bits per heavy atom. The number of hydrogen-bond donors (Lipinski definition) is 2. The van der Waals surface area contributed by atoms with Crippen LogP contribution in [0.1, 0.15) is 48.7 Å². The average Bonchev–Trinajstić information content (AvgIpc) is 2.61. The van der Waals surface area contributed by atoms with E-state index in [0.29, 0.717) is 12.0 Å². The van der Waals surface area contributed by atoms with E-state index in [1.165, 1.54) is 24.3 Å². The largest absolute Gasteiger partial charge is 0.507 e. The maximum atomic E-state index is 12.8. The van der Waals surface area contributed by atoms with Crippen LogP contribution in [-0.4, -0.2) is 26.8 Å². The van der Waals surface area contributed by atoms with E-state index in [-0.39, 0.29) is 39.5 Å². The van der Waals surface area contributed by atoms with Crippen LogP contribution in [0.15, 0.2) is 48.7 Å². The van der Waals surface area contributed by atoms with E-state index in [0.717, 1.165) is 11.3 Å². The second-order valence-corrected chi connectivity index (χ2v) is 6.34. The van der Waals surface area contributed by atoms with Crippen molar-refractivity contribution in [1.82, 2.24) is 4.98 Å². The van der Waals surface area contributed by atoms with Gasteiger partial charge in [-0.15, -0.1) is 0 Å². The summed E-state index contributed by atoms with van der Waals surface area (Å²) < 4.78 is 0. The second kappa shape index (κ2) is 5.81. The number of hydrogen-bond acceptors (Lipinski definition) is 5. The minimum absolute atomic E-state index is 0.0615. The van der Waals surface area contributed by atoms with E-state index < -0.39 is 5.78 Å². The summed E-state index contributed by atoms with van der Waals surface area (Å²) in [7, 11) is 0. The molecule has 4 rings (SSSR count). The first-order valence-corrected chi connectivity index (χ1v) is 8.15. The molecule has 0 unspecified atom stereocenters. The van der Waals surface area contributed by atoms with Crippen molar-refractivity contribution < 1.29 is 19.8 Å². The fourth-order valence-electron chi connectivity index (χ4n) is 3.34. The van der Waals surface area contributed by atoms with Crippen LogP contribution in [0.2, 0.25) is 0 Å². The number of aromatic hydroxyl groups is 2. The van der Waals surface area contributed by atoms with E-state index >= 15 is 0 Å². The molecule has 3 aromatic rings. The Bertz CT molecular complexity index is 1090. The van der Waals surface area contributed by atoms with Gasteiger partial charge in [0, 0.05) is 29.4 Å². The molecule has 0 spiro atoms. The van der Waals surface area contributed by atoms with Gasteiger partial charge in [-0.1, -0.05) is 18.2 Å². The molecule has 0 saturated carbocycles. The van der Waals surface area contributed by atoms with Gasteiger partial charge in [-0.3, -0.25) is 14.6 Å². The minimum Gasteiger partial charge on any atom is -0.507 e. The highest BCUT2D eigenvalue weighted by molar-refractivity contribution is 6.30. The van der Waals surface area contributed by atoms with Crippen LogP contribution >= 0.6 is 0 Å². The van der Waals surface area contributed by atoms with Gasteiger partial charge < -0.3 is 10.2 Å². The third kappa shape index (κ3) is 2.37. The third-order valence-electron chi connectivity index (χ3n) is 4.65. The second-order valence-electron chi connectivity index (χ2n) is 6.34. The van der Waals surface area contributed by atoms with Crippen LogP contribution < -0.4 is 0 Å². The van der Waals surface area contributed by atoms with Crippen LogP contribution in [0.25, 0.3) is 0 Å². The molecule has 0 amide bonds. The van der Waals surface area contributed by atoms with Crippen LogP contribution in [-0.2, 0) is 6.42 Å². The summed E-state index contributed by atoms with van der Waals surface area (Å²) in [6.07, 6.45) is 2.12. The Morgan fingerprint density at radius 3 is 2.42 bits per heavy atom. The smallest absolute Gasteiger partial charge is 0.201 e. The van der Waals surface area contributed by atoms with Crippen LogP contribution in [0.5, 0.6) is 11.5 Å². The van der Waals surface area contributed by atoms with Crippen molar-refractivity contribution in [2.75, 3.05) is 0 Å². The Hall–Kier alpha value is -3.47. The van der Waals surface area contributed by atoms with Gasteiger partial charge in [0.25, 0.3) is 0 Å². The molecule has 2 aromatic carbocycles. The van der Waals surface area contributed by atoms with Crippen molar-refractivity contribution in [2.45, 2.75) is 13.3 Å². The van der Waals surface area contributed by atoms with Crippen molar-refractivity contribution in [3.8, 4) is 11.5 Å². The lowest BCUT2D eigenvalue weighted by molar-refractivity contribution is 0.0974. The quantitative estimate of drug-likeness (QED) is 0.583. The summed E-state index contributed by atoms with van der Waals surface area (Å²) in [5.74, 6) is -1.47. The lowest BCUT2D eigenvalue weighted by atomic mass is 9.82. The highest BCUT2D eigenvalue weighted by atomic mass is 16.3. The van der Waals surface area contributed by atoms with Crippen LogP contribution in [0, 0.1) is 6.92 Å². The highest BCUT2D eigenvalue weighted by Gasteiger charge is 2.34. The molecule has 1 heterocycles. The molecular weight excluding hydrogens is 330 g/mol. The highest BCUT2D eigenvalue weighted by Crippen LogP contribution is 2.37. The molecule has 1 aliphatic carbocycles. The first kappa shape index (κ1) is 16.0. The molecule has 0 atom stereocenters. The standard InChI is InChI=1S/C21H15NO4/c1-11-4-3-7-22-15(11)9-12-8-14-19(17(24)10-12)21(26)18-13(20(14)25)5-2-6-16(18)23/h2-8,10,23-24H,9H2,1H3. The van der Waals surface area contributed by atoms with Crippen molar-refractivity contribution >= 4 is 11.6 Å². The summed E-state index contributed by atoms with van der Waals surface area (Å²) >= 11 is 0. The normalized spacial score (nSPS) is 12.7. The molecule has 5 nitrogen and oxygen atoms in total. The SMILES string of the molecule is Cc1cccnc1Cc1cc(O)c2c(c1)C(=O)c1cccc(O)c1C2=O. The predicted octanol–water partition coefficient (Wildman–Crippen LogP) is 3.17. The van der Waals surface area contributed by atoms with E-state index in [9.17, 15) is 19.8 Å². The zero-order chi connectivity index (χ0) is 18.4. The summed E-state index contributed by atoms with van der Waals surface area (Å²) in [5, 5.41) is 20.4. The molecule has 0 radical (unpaired) electrons. The monoisotopic (exact) mass is 345 g/mol. The van der Waals surface area contributed by atoms with Crippen LogP contribution in [0.3, 0.4) is 0 Å². The molecule has 0 fully saturated rings. The molecule has 0 aliphatic heterocycles. The summed E-state index contributed by atoms with van der Waals surface area (Å²) in [6.45, 7) is 1.94. The minimum atomic E-state index is -0.550. The molecule has 0 saturated heterocycles. The van der Waals surface area contributed by atoms with Crippen molar-refractivity contribution in [1.29, 1.82) is 0 Å². The number of carbonyl (C=O) groups is 2. The number of benzene rings is 2. The van der Waals surface area contributed by atoms with Crippen LogP contribution in [0.4, 0.5) is 0 Å². The Kier molecular flexibility index (Phi) is 3.58. The molecule has 128 valence electrons. The van der Waals surface area contributed by atoms with E-state index in [2.05, 4.69) is 4.98 Å². The van der Waals surface area contributed by atoms with Gasteiger partial charge in [0.15, 0.2) is 5.78 Å². The van der Waals surface area contributed by atoms with Gasteiger partial charge in [0.2, 0.25) is 5.78 Å². The molecule has 2 N–H and O–H groups in total. The van der Waals surface area contributed by atoms with Gasteiger partial charge in [-0.2, -0.15) is 0 Å². The van der Waals surface area contributed by atoms with Gasteiger partial charge in [-0.25, -0.2) is 0 Å². The molecule has 1 aromatic heterocycles. The van der Waals surface area contributed by atoms with Gasteiger partial charge in [0.1, 0.15) is 11.5 Å². The fourth-order valence-corrected chi connectivity index (χ4v) is 3.34. The van der Waals surface area contributed by atoms with Crippen molar-refractivity contribution in [2.24, 2.45) is 0 Å². The Balaban J connectivity index is 1.85. The Labute approximate surface area is 149 Å². The lowest BCUT2D eigenvalue weighted by Gasteiger charge is -2.20. The zero-order valence-electron chi connectivity index (χ0n) is 14.0. The summed E-state index contributed by atoms with van der Waals surface area (Å²) in [4.78, 5) is 29.9. The van der Waals surface area contributed by atoms with Gasteiger partial charge in [-0.05, 0) is 42.3 Å². The number of ketones is 2. The van der Waals surface area contributed by atoms with E-state index in [1.54, 1.807) is 12.3 Å². The maximum Gasteiger partial charge on any atom is 0.201 e. The van der Waals surface area contributed by atoms with E-state index in [1.807, 2.05) is 19.1 Å². The first-order valence-electron chi connectivity index (χ1n) is 8.15. The fraction of sp³-hybridized carbons (Fsp3) is 0.0952. The summed E-state index contributed by atoms with van der Waals surface area (Å²) in [5.41, 5.74) is 2.69. The number of nitrogens with zero attached hydrogens (tertiary/aromatic N) is 1. The summed E-state index contributed by atoms with van der Waals surface area (Å²) in [6, 6.07) is 11.3. The number of rotatable bonds is 2. The number of carbonyl (C=O) groups excluding carboxylic acids is 2. The third-order valence-corrected chi connectivity index (χ3v) is 4.65.